The molecular weight excluding hydrogens is 252 g/mol. The van der Waals surface area contributed by atoms with Crippen molar-refractivity contribution in [2.75, 3.05) is 13.2 Å². The summed E-state index contributed by atoms with van der Waals surface area (Å²) in [5, 5.41) is 0. The van der Waals surface area contributed by atoms with Crippen LogP contribution in [0, 0.1) is 6.92 Å². The zero-order valence-electron chi connectivity index (χ0n) is 11.5. The van der Waals surface area contributed by atoms with Crippen LogP contribution in [-0.2, 0) is 0 Å². The highest BCUT2D eigenvalue weighted by atomic mass is 16.5. The van der Waals surface area contributed by atoms with Crippen molar-refractivity contribution in [3.63, 3.8) is 0 Å². The molecule has 4 heteroatoms. The van der Waals surface area contributed by atoms with Gasteiger partial charge in [-0.15, -0.1) is 0 Å². The van der Waals surface area contributed by atoms with Crippen LogP contribution in [0.3, 0.4) is 0 Å². The van der Waals surface area contributed by atoms with E-state index in [9.17, 15) is 0 Å². The van der Waals surface area contributed by atoms with Crippen molar-refractivity contribution in [3.8, 4) is 11.5 Å². The van der Waals surface area contributed by atoms with Gasteiger partial charge in [0.2, 0.25) is 0 Å². The number of hydrogen-bond acceptors (Lipinski definition) is 4. The number of nitrogens with two attached hydrogens (primary N) is 1. The Morgan fingerprint density at radius 1 is 1.05 bits per heavy atom. The van der Waals surface area contributed by atoms with Crippen LogP contribution in [0.1, 0.15) is 29.3 Å². The predicted octanol–water partition coefficient (Wildman–Crippen LogP) is 2.60. The van der Waals surface area contributed by atoms with Crippen LogP contribution in [0.2, 0.25) is 0 Å². The summed E-state index contributed by atoms with van der Waals surface area (Å²) in [5.74, 6) is 1.57. The van der Waals surface area contributed by atoms with Crippen molar-refractivity contribution in [3.05, 3.63) is 53.3 Å². The first kappa shape index (κ1) is 12.9. The molecule has 1 aromatic heterocycles. The molecule has 0 saturated carbocycles. The Labute approximate surface area is 118 Å². The Balaban J connectivity index is 1.90. The van der Waals surface area contributed by atoms with E-state index in [1.165, 1.54) is 0 Å². The second-order valence-corrected chi connectivity index (χ2v) is 4.97. The van der Waals surface area contributed by atoms with Gasteiger partial charge >= 0.3 is 0 Å². The van der Waals surface area contributed by atoms with E-state index in [1.807, 2.05) is 43.5 Å². The fourth-order valence-corrected chi connectivity index (χ4v) is 2.23. The molecule has 4 nitrogen and oxygen atoms in total. The lowest BCUT2D eigenvalue weighted by Crippen LogP contribution is -2.12. The van der Waals surface area contributed by atoms with Crippen LogP contribution in [0.5, 0.6) is 11.5 Å². The average Bonchev–Trinajstić information content (AvgIpc) is 2.71. The van der Waals surface area contributed by atoms with Crippen molar-refractivity contribution in [1.29, 1.82) is 0 Å². The lowest BCUT2D eigenvalue weighted by Gasteiger charge is -2.15. The first-order valence-corrected chi connectivity index (χ1v) is 6.82. The summed E-state index contributed by atoms with van der Waals surface area (Å²) in [5.41, 5.74) is 9.28. The smallest absolute Gasteiger partial charge is 0.161 e. The van der Waals surface area contributed by atoms with E-state index in [2.05, 4.69) is 4.98 Å². The molecule has 3 rings (SSSR count). The fraction of sp³-hybridized carbons (Fsp3) is 0.312. The lowest BCUT2D eigenvalue weighted by atomic mass is 10.0. The standard InChI is InChI=1S/C16H18N2O2/c1-11-3-4-13(10-18-11)16(17)12-5-6-14-15(9-12)20-8-2-7-19-14/h3-6,9-10,16H,2,7-8,17H2,1H3. The molecule has 2 aromatic rings. The van der Waals surface area contributed by atoms with Gasteiger partial charge in [-0.3, -0.25) is 4.98 Å². The van der Waals surface area contributed by atoms with Gasteiger partial charge in [0.05, 0.1) is 19.3 Å². The summed E-state index contributed by atoms with van der Waals surface area (Å²) in [6.45, 7) is 3.33. The van der Waals surface area contributed by atoms with Crippen LogP contribution in [-0.4, -0.2) is 18.2 Å². The third-order valence-corrected chi connectivity index (χ3v) is 3.42. The van der Waals surface area contributed by atoms with Crippen LogP contribution >= 0.6 is 0 Å². The maximum absolute atomic E-state index is 6.30. The van der Waals surface area contributed by atoms with E-state index in [-0.39, 0.29) is 6.04 Å². The molecule has 1 aromatic carbocycles. The number of aryl methyl sites for hydroxylation is 1. The molecule has 2 heterocycles. The molecular formula is C16H18N2O2. The number of rotatable bonds is 2. The Morgan fingerprint density at radius 3 is 2.55 bits per heavy atom. The van der Waals surface area contributed by atoms with Crippen molar-refractivity contribution < 1.29 is 9.47 Å². The summed E-state index contributed by atoms with van der Waals surface area (Å²) in [6.07, 6.45) is 2.72. The third kappa shape index (κ3) is 2.60. The van der Waals surface area contributed by atoms with Crippen LogP contribution < -0.4 is 15.2 Å². The van der Waals surface area contributed by atoms with Crippen LogP contribution in [0.15, 0.2) is 36.5 Å². The van der Waals surface area contributed by atoms with E-state index in [0.29, 0.717) is 13.2 Å². The molecule has 0 spiro atoms. The topological polar surface area (TPSA) is 57.4 Å². The van der Waals surface area contributed by atoms with Crippen molar-refractivity contribution in [2.24, 2.45) is 5.73 Å². The molecule has 0 saturated heterocycles. The van der Waals surface area contributed by atoms with Gasteiger partial charge in [0.15, 0.2) is 11.5 Å². The minimum Gasteiger partial charge on any atom is -0.490 e. The van der Waals surface area contributed by atoms with Gasteiger partial charge in [0.25, 0.3) is 0 Å². The molecule has 1 aliphatic heterocycles. The Morgan fingerprint density at radius 2 is 1.80 bits per heavy atom. The number of benzene rings is 1. The van der Waals surface area contributed by atoms with Crippen LogP contribution in [0.4, 0.5) is 0 Å². The molecule has 0 fully saturated rings. The first-order valence-electron chi connectivity index (χ1n) is 6.82. The second kappa shape index (κ2) is 5.51. The molecule has 104 valence electrons. The quantitative estimate of drug-likeness (QED) is 0.911. The highest BCUT2D eigenvalue weighted by Gasteiger charge is 2.15. The third-order valence-electron chi connectivity index (χ3n) is 3.42. The molecule has 2 N–H and O–H groups in total. The Kier molecular flexibility index (Phi) is 3.56. The van der Waals surface area contributed by atoms with Crippen molar-refractivity contribution in [1.82, 2.24) is 4.98 Å². The molecule has 20 heavy (non-hydrogen) atoms. The highest BCUT2D eigenvalue weighted by Crippen LogP contribution is 2.33. The van der Waals surface area contributed by atoms with Gasteiger partial charge < -0.3 is 15.2 Å². The molecule has 0 aliphatic carbocycles. The summed E-state index contributed by atoms with van der Waals surface area (Å²) in [4.78, 5) is 4.29. The first-order chi connectivity index (χ1) is 9.74. The van der Waals surface area contributed by atoms with Gasteiger partial charge in [0, 0.05) is 18.3 Å². The van der Waals surface area contributed by atoms with Gasteiger partial charge in [-0.05, 0) is 36.2 Å². The number of ether oxygens (including phenoxy) is 2. The highest BCUT2D eigenvalue weighted by molar-refractivity contribution is 5.46. The van der Waals surface area contributed by atoms with E-state index < -0.39 is 0 Å². The van der Waals surface area contributed by atoms with Gasteiger partial charge in [-0.25, -0.2) is 0 Å². The number of pyridine rings is 1. The molecule has 1 unspecified atom stereocenters. The Bertz CT molecular complexity index is 596. The van der Waals surface area contributed by atoms with E-state index in [1.54, 1.807) is 0 Å². The van der Waals surface area contributed by atoms with Crippen molar-refractivity contribution in [2.45, 2.75) is 19.4 Å². The zero-order valence-corrected chi connectivity index (χ0v) is 11.5. The minimum atomic E-state index is -0.208. The predicted molar refractivity (Wildman–Crippen MR) is 77.1 cm³/mol. The molecule has 1 atom stereocenters. The minimum absolute atomic E-state index is 0.208. The molecule has 0 radical (unpaired) electrons. The molecule has 0 bridgehead atoms. The summed E-state index contributed by atoms with van der Waals surface area (Å²) in [6, 6.07) is 9.65. The van der Waals surface area contributed by atoms with Crippen molar-refractivity contribution >= 4 is 0 Å². The van der Waals surface area contributed by atoms with Gasteiger partial charge in [0.1, 0.15) is 0 Å². The van der Waals surface area contributed by atoms with Gasteiger partial charge in [-0.2, -0.15) is 0 Å². The van der Waals surface area contributed by atoms with E-state index in [0.717, 1.165) is 34.7 Å². The SMILES string of the molecule is Cc1ccc(C(N)c2ccc3c(c2)OCCCO3)cn1. The fourth-order valence-electron chi connectivity index (χ4n) is 2.23. The Hall–Kier alpha value is -2.07. The molecule has 1 aliphatic rings. The molecule has 0 amide bonds. The normalized spacial score (nSPS) is 15.5. The largest absolute Gasteiger partial charge is 0.490 e. The zero-order chi connectivity index (χ0) is 13.9. The lowest BCUT2D eigenvalue weighted by molar-refractivity contribution is 0.297. The van der Waals surface area contributed by atoms with E-state index in [4.69, 9.17) is 15.2 Å². The summed E-state index contributed by atoms with van der Waals surface area (Å²) in [7, 11) is 0. The number of nitrogens with zero attached hydrogens (tertiary/aromatic N) is 1. The summed E-state index contributed by atoms with van der Waals surface area (Å²) < 4.78 is 11.3. The number of fused-ring (bicyclic) bond motifs is 1. The maximum Gasteiger partial charge on any atom is 0.161 e. The van der Waals surface area contributed by atoms with E-state index >= 15 is 0 Å². The maximum atomic E-state index is 6.30. The number of aromatic nitrogens is 1. The average molecular weight is 270 g/mol. The van der Waals surface area contributed by atoms with Crippen LogP contribution in [0.25, 0.3) is 0 Å². The summed E-state index contributed by atoms with van der Waals surface area (Å²) >= 11 is 0. The van der Waals surface area contributed by atoms with Gasteiger partial charge in [-0.1, -0.05) is 12.1 Å². The second-order valence-electron chi connectivity index (χ2n) is 4.97. The number of hydrogen-bond donors (Lipinski definition) is 1. The monoisotopic (exact) mass is 270 g/mol.